The van der Waals surface area contributed by atoms with Gasteiger partial charge in [-0.2, -0.15) is 4.90 Å². The van der Waals surface area contributed by atoms with E-state index in [0.29, 0.717) is 16.9 Å². The first-order valence-electron chi connectivity index (χ1n) is 18.9. The molecule has 0 spiro atoms. The second-order valence-corrected chi connectivity index (χ2v) is 23.7. The van der Waals surface area contributed by atoms with Crippen LogP contribution >= 0.6 is 12.0 Å². The van der Waals surface area contributed by atoms with Crippen molar-refractivity contribution in [1.82, 2.24) is 4.90 Å². The molecule has 17 nitrogen and oxygen atoms in total. The van der Waals surface area contributed by atoms with Crippen LogP contribution in [0, 0.1) is 43.9 Å². The molecule has 2 aliphatic rings. The number of aliphatic hydroxyl groups excluding tert-OH is 1. The number of rotatable bonds is 10. The molecule has 2 amide bonds. The van der Waals surface area contributed by atoms with Crippen LogP contribution in [0.4, 0.5) is 25.8 Å². The summed E-state index contributed by atoms with van der Waals surface area (Å²) in [6.07, 6.45) is -0.270. The van der Waals surface area contributed by atoms with Gasteiger partial charge in [-0.3, -0.25) is 20.2 Å². The molecular formula is C42H53N3O14SSi. The number of ether oxygens (including phenoxy) is 4. The van der Waals surface area contributed by atoms with Gasteiger partial charge in [0, 0.05) is 35.3 Å². The predicted octanol–water partition coefficient (Wildman–Crippen LogP) is 9.43. The summed E-state index contributed by atoms with van der Waals surface area (Å²) in [6, 6.07) is 3.04. The molecule has 0 fully saturated rings. The molecule has 1 N–H and O–H groups in total. The molecule has 2 atom stereocenters. The van der Waals surface area contributed by atoms with Crippen LogP contribution in [-0.2, 0) is 27.6 Å². The third-order valence-corrected chi connectivity index (χ3v) is 13.8. The van der Waals surface area contributed by atoms with Gasteiger partial charge in [0.15, 0.2) is 19.7 Å². The Morgan fingerprint density at radius 2 is 1.44 bits per heavy atom. The van der Waals surface area contributed by atoms with Crippen LogP contribution in [0.3, 0.4) is 0 Å². The number of fused-ring (bicyclic) bond motifs is 2. The quantitative estimate of drug-likeness (QED) is 0.0338. The third kappa shape index (κ3) is 13.5. The Balaban J connectivity index is 2.56. The molecule has 19 heteroatoms. The van der Waals surface area contributed by atoms with Gasteiger partial charge in [0.25, 0.3) is 11.4 Å². The van der Waals surface area contributed by atoms with E-state index in [4.69, 9.17) is 27.6 Å². The maximum absolute atomic E-state index is 14.4. The van der Waals surface area contributed by atoms with Crippen LogP contribution in [0.2, 0.25) is 18.1 Å². The number of carbonyl (C=O) groups is 3. The zero-order chi connectivity index (χ0) is 46.5. The molecule has 0 saturated carbocycles. The van der Waals surface area contributed by atoms with E-state index in [2.05, 4.69) is 23.7 Å². The highest BCUT2D eigenvalue weighted by atomic mass is 32.2. The largest absolute Gasteiger partial charge is 0.514 e. The van der Waals surface area contributed by atoms with Gasteiger partial charge in [0.1, 0.15) is 33.5 Å². The molecule has 61 heavy (non-hydrogen) atoms. The fourth-order valence-corrected chi connectivity index (χ4v) is 7.05. The number of benzene rings is 1. The average Bonchev–Trinajstić information content (AvgIpc) is 3.06. The lowest BCUT2D eigenvalue weighted by atomic mass is 9.79. The molecule has 0 aromatic heterocycles. The lowest BCUT2D eigenvalue weighted by molar-refractivity contribution is -0.396. The Hall–Kier alpha value is -5.44. The van der Waals surface area contributed by atoms with Crippen LogP contribution in [-0.4, -0.2) is 81.6 Å². The van der Waals surface area contributed by atoms with Gasteiger partial charge in [0.05, 0.1) is 22.5 Å². The summed E-state index contributed by atoms with van der Waals surface area (Å²) in [5, 5.41) is 34.9. The summed E-state index contributed by atoms with van der Waals surface area (Å²) in [6.45, 7) is 23.4. The summed E-state index contributed by atoms with van der Waals surface area (Å²) in [5.74, 6) is 10.9. The van der Waals surface area contributed by atoms with Crippen molar-refractivity contribution in [2.24, 2.45) is 0 Å². The van der Waals surface area contributed by atoms with Gasteiger partial charge in [-0.15, -0.1) is 0 Å². The zero-order valence-electron chi connectivity index (χ0n) is 36.8. The summed E-state index contributed by atoms with van der Waals surface area (Å²) in [5.41, 5.74) is -7.42. The number of carbonyl (C=O) groups excluding carboxylic acids is 3. The van der Waals surface area contributed by atoms with E-state index >= 15 is 0 Å². The fraction of sp³-hybridized carbons (Fsp3) is 0.500. The van der Waals surface area contributed by atoms with E-state index in [1.165, 1.54) is 24.3 Å². The van der Waals surface area contributed by atoms with Gasteiger partial charge < -0.3 is 32.7 Å². The van der Waals surface area contributed by atoms with Crippen molar-refractivity contribution in [3.05, 3.63) is 85.3 Å². The van der Waals surface area contributed by atoms with Crippen molar-refractivity contribution >= 4 is 50.1 Å². The van der Waals surface area contributed by atoms with E-state index < -0.39 is 99.5 Å². The Bertz CT molecular complexity index is 2170. The Labute approximate surface area is 361 Å². The van der Waals surface area contributed by atoms with Crippen molar-refractivity contribution in [1.29, 1.82) is 0 Å². The van der Waals surface area contributed by atoms with Gasteiger partial charge in [-0.1, -0.05) is 44.5 Å². The highest BCUT2D eigenvalue weighted by Gasteiger charge is 2.52. The minimum atomic E-state index is -3.01. The molecule has 330 valence electrons. The summed E-state index contributed by atoms with van der Waals surface area (Å²) in [4.78, 5) is 64.4. The molecule has 0 saturated heterocycles. The first-order valence-corrected chi connectivity index (χ1v) is 22.6. The number of nitrogens with zero attached hydrogens (tertiary/aromatic N) is 3. The standard InChI is InChI=1S/C42H53N3O14SSi/c1-38(2,3)56-35(47)43(36(48)57-39(4,5)6)34-31(55-37(49)58-40(7,8)9)26-42(59-61(13,14)41(10,11)12)23-18-16-15-17-19-30(46)33(34)28(42)22-24-54-60-32-21-20-27(44(50)51)25-29(32)45(52)53/h15-16,20-22,25-26,30,46H,24H2,1-14H3/b16-15-,28-22?/t30-,42-/m1/s1. The highest BCUT2D eigenvalue weighted by molar-refractivity contribution is 7.94. The summed E-state index contributed by atoms with van der Waals surface area (Å²) in [7, 11) is -3.01. The van der Waals surface area contributed by atoms with Crippen molar-refractivity contribution in [3.8, 4) is 23.7 Å². The molecule has 0 heterocycles. The number of allylic oxidation sites excluding steroid dienone is 2. The molecular weight excluding hydrogens is 831 g/mol. The van der Waals surface area contributed by atoms with Gasteiger partial charge in [-0.25, -0.2) is 14.4 Å². The SMILES string of the molecule is CC(C)(C)OC(=O)OC1=C[C@]2(O[Si](C)(C)C(C)(C)C)C#C/C=C\C#C[C@@H](O)C(=C1N(C(=O)OC(C)(C)C)C(=O)OC(C)(C)C)C2=CCOSc1ccc([N+](=O)[O-])cc1[N+](=O)[O-]. The summed E-state index contributed by atoms with van der Waals surface area (Å²) >= 11 is 0.535. The van der Waals surface area contributed by atoms with Crippen LogP contribution in [0.15, 0.2) is 70.0 Å². The van der Waals surface area contributed by atoms with E-state index in [0.717, 1.165) is 18.2 Å². The number of non-ortho nitro benzene ring substituents is 1. The van der Waals surface area contributed by atoms with Crippen molar-refractivity contribution in [2.75, 3.05) is 6.61 Å². The topological polar surface area (TPSA) is 216 Å². The zero-order valence-corrected chi connectivity index (χ0v) is 38.6. The Kier molecular flexibility index (Phi) is 15.3. The minimum Gasteiger partial charge on any atom is -0.443 e. The normalized spacial score (nSPS) is 19.2. The second kappa shape index (κ2) is 18.7. The average molecular weight is 884 g/mol. The van der Waals surface area contributed by atoms with Crippen molar-refractivity contribution in [3.63, 3.8) is 0 Å². The van der Waals surface area contributed by atoms with E-state index in [1.54, 1.807) is 62.3 Å². The van der Waals surface area contributed by atoms with Crippen molar-refractivity contribution in [2.45, 2.75) is 135 Å². The fourth-order valence-electron chi connectivity index (χ4n) is 5.12. The smallest absolute Gasteiger partial charge is 0.443 e. The molecule has 0 unspecified atom stereocenters. The number of imide groups is 1. The molecule has 1 aromatic carbocycles. The number of aliphatic hydroxyl groups is 1. The molecule has 0 radical (unpaired) electrons. The van der Waals surface area contributed by atoms with Crippen LogP contribution < -0.4 is 0 Å². The van der Waals surface area contributed by atoms with E-state index in [1.807, 2.05) is 33.9 Å². The predicted molar refractivity (Wildman–Crippen MR) is 228 cm³/mol. The molecule has 2 bridgehead atoms. The number of amides is 2. The van der Waals surface area contributed by atoms with Crippen LogP contribution in [0.5, 0.6) is 0 Å². The third-order valence-electron chi connectivity index (χ3n) is 8.55. The lowest BCUT2D eigenvalue weighted by Crippen LogP contribution is -2.53. The number of nitro groups is 2. The van der Waals surface area contributed by atoms with Gasteiger partial charge in [-0.05, 0) is 105 Å². The maximum Gasteiger partial charge on any atom is 0.514 e. The molecule has 1 aromatic rings. The van der Waals surface area contributed by atoms with Gasteiger partial charge >= 0.3 is 18.3 Å². The first-order chi connectivity index (χ1) is 27.8. The van der Waals surface area contributed by atoms with Crippen molar-refractivity contribution < 1.29 is 56.9 Å². The Morgan fingerprint density at radius 3 is 1.95 bits per heavy atom. The number of hydrogen-bond donors (Lipinski definition) is 1. The highest BCUT2D eigenvalue weighted by Crippen LogP contribution is 2.48. The number of hydrogen-bond acceptors (Lipinski definition) is 15. The monoisotopic (exact) mass is 883 g/mol. The summed E-state index contributed by atoms with van der Waals surface area (Å²) < 4.78 is 35.8. The molecule has 2 aliphatic carbocycles. The maximum atomic E-state index is 14.4. The number of nitro benzene ring substituents is 2. The molecule has 0 aliphatic heterocycles. The van der Waals surface area contributed by atoms with Crippen LogP contribution in [0.1, 0.15) is 83.1 Å². The Morgan fingerprint density at radius 1 is 0.885 bits per heavy atom. The van der Waals surface area contributed by atoms with E-state index in [-0.39, 0.29) is 16.0 Å². The van der Waals surface area contributed by atoms with Crippen LogP contribution in [0.25, 0.3) is 0 Å². The van der Waals surface area contributed by atoms with Gasteiger partial charge in [0.2, 0.25) is 0 Å². The first kappa shape index (κ1) is 49.9. The second-order valence-electron chi connectivity index (χ2n) is 18.2. The lowest BCUT2D eigenvalue weighted by Gasteiger charge is -2.46. The molecule has 3 rings (SSSR count). The van der Waals surface area contributed by atoms with E-state index in [9.17, 15) is 39.7 Å². The minimum absolute atomic E-state index is 0.0237.